The molecule has 0 aliphatic heterocycles. The summed E-state index contributed by atoms with van der Waals surface area (Å²) in [6, 6.07) is 0. The molecule has 0 amide bonds. The Bertz CT molecular complexity index is 175. The summed E-state index contributed by atoms with van der Waals surface area (Å²) < 4.78 is 12.7. The van der Waals surface area contributed by atoms with Crippen LogP contribution in [0.3, 0.4) is 0 Å². The Balaban J connectivity index is 4.16. The van der Waals surface area contributed by atoms with Crippen LogP contribution in [0.1, 0.15) is 20.3 Å². The fourth-order valence-electron chi connectivity index (χ4n) is 0.404. The van der Waals surface area contributed by atoms with E-state index in [2.05, 4.69) is 13.2 Å². The molecular weight excluding hydrogens is 127 g/mol. The zero-order valence-electron chi connectivity index (χ0n) is 6.58. The first-order valence-electron chi connectivity index (χ1n) is 3.28. The summed E-state index contributed by atoms with van der Waals surface area (Å²) in [6.07, 6.45) is 2.20. The first kappa shape index (κ1) is 9.15. The summed E-state index contributed by atoms with van der Waals surface area (Å²) in [4.78, 5) is 0. The highest BCUT2D eigenvalue weighted by atomic mass is 19.1. The Morgan fingerprint density at radius 2 is 2.00 bits per heavy atom. The molecule has 1 heteroatoms. The van der Waals surface area contributed by atoms with Crippen LogP contribution in [0, 0.1) is 0 Å². The summed E-state index contributed by atoms with van der Waals surface area (Å²) in [5.41, 5.74) is 1.25. The van der Waals surface area contributed by atoms with Gasteiger partial charge in [-0.1, -0.05) is 25.7 Å². The Morgan fingerprint density at radius 3 is 2.30 bits per heavy atom. The smallest absolute Gasteiger partial charge is 0.125 e. The van der Waals surface area contributed by atoms with Gasteiger partial charge in [0.25, 0.3) is 0 Å². The second-order valence-electron chi connectivity index (χ2n) is 2.28. The van der Waals surface area contributed by atoms with Crippen molar-refractivity contribution in [3.05, 3.63) is 36.2 Å². The largest absolute Gasteiger partial charge is 0.207 e. The molecule has 0 aliphatic rings. The van der Waals surface area contributed by atoms with Crippen molar-refractivity contribution in [1.82, 2.24) is 0 Å². The van der Waals surface area contributed by atoms with E-state index in [9.17, 15) is 4.39 Å². The minimum absolute atomic E-state index is 0.271. The third-order valence-corrected chi connectivity index (χ3v) is 1.19. The number of hydrogen-bond donors (Lipinski definition) is 0. The molecule has 0 aromatic carbocycles. The minimum atomic E-state index is -0.271. The Morgan fingerprint density at radius 1 is 1.50 bits per heavy atom. The number of allylic oxidation sites excluding steroid dienone is 4. The maximum Gasteiger partial charge on any atom is 0.125 e. The van der Waals surface area contributed by atoms with E-state index in [1.807, 2.05) is 6.92 Å². The van der Waals surface area contributed by atoms with E-state index in [1.165, 1.54) is 6.08 Å². The van der Waals surface area contributed by atoms with Crippen molar-refractivity contribution in [2.24, 2.45) is 0 Å². The van der Waals surface area contributed by atoms with E-state index in [1.54, 1.807) is 6.92 Å². The van der Waals surface area contributed by atoms with Gasteiger partial charge >= 0.3 is 0 Å². The van der Waals surface area contributed by atoms with Crippen molar-refractivity contribution in [2.75, 3.05) is 0 Å². The fourth-order valence-corrected chi connectivity index (χ4v) is 0.404. The number of rotatable bonds is 3. The molecule has 0 radical (unpaired) electrons. The Labute approximate surface area is 61.8 Å². The highest BCUT2D eigenvalue weighted by Gasteiger charge is 1.93. The summed E-state index contributed by atoms with van der Waals surface area (Å²) in [6.45, 7) is 10.7. The molecular formula is C9H13F. The maximum absolute atomic E-state index is 12.7. The molecule has 0 aromatic rings. The van der Waals surface area contributed by atoms with Crippen LogP contribution in [-0.4, -0.2) is 0 Å². The van der Waals surface area contributed by atoms with Crippen LogP contribution in [-0.2, 0) is 0 Å². The lowest BCUT2D eigenvalue weighted by Crippen LogP contribution is -1.76. The van der Waals surface area contributed by atoms with Crippen molar-refractivity contribution in [1.29, 1.82) is 0 Å². The van der Waals surface area contributed by atoms with Crippen LogP contribution < -0.4 is 0 Å². The molecule has 56 valence electrons. The topological polar surface area (TPSA) is 0 Å². The van der Waals surface area contributed by atoms with Crippen LogP contribution >= 0.6 is 0 Å². The summed E-state index contributed by atoms with van der Waals surface area (Å²) in [7, 11) is 0. The van der Waals surface area contributed by atoms with Gasteiger partial charge in [-0.25, -0.2) is 4.39 Å². The van der Waals surface area contributed by atoms with Gasteiger partial charge in [-0.05, 0) is 25.0 Å². The van der Waals surface area contributed by atoms with E-state index >= 15 is 0 Å². The van der Waals surface area contributed by atoms with Gasteiger partial charge in [-0.2, -0.15) is 0 Å². The third kappa shape index (κ3) is 3.23. The number of halogens is 1. The summed E-state index contributed by atoms with van der Waals surface area (Å²) in [5, 5.41) is 0. The first-order chi connectivity index (χ1) is 4.57. The van der Waals surface area contributed by atoms with Gasteiger partial charge in [-0.3, -0.25) is 0 Å². The zero-order valence-corrected chi connectivity index (χ0v) is 6.58. The lowest BCUT2D eigenvalue weighted by Gasteiger charge is -1.95. The summed E-state index contributed by atoms with van der Waals surface area (Å²) >= 11 is 0. The minimum Gasteiger partial charge on any atom is -0.207 e. The van der Waals surface area contributed by atoms with Crippen molar-refractivity contribution in [3.63, 3.8) is 0 Å². The van der Waals surface area contributed by atoms with Crippen molar-refractivity contribution in [3.8, 4) is 0 Å². The van der Waals surface area contributed by atoms with Crippen LogP contribution in [0.5, 0.6) is 0 Å². The maximum atomic E-state index is 12.7. The van der Waals surface area contributed by atoms with Crippen molar-refractivity contribution >= 4 is 0 Å². The standard InChI is InChI=1S/C9H13F/c1-5-8(4)6-9(10)7(2)3/h6H,2,4-5H2,1,3H3/b9-6+. The second kappa shape index (κ2) is 4.04. The highest BCUT2D eigenvalue weighted by molar-refractivity contribution is 5.27. The van der Waals surface area contributed by atoms with Crippen LogP contribution in [0.4, 0.5) is 4.39 Å². The lowest BCUT2D eigenvalue weighted by molar-refractivity contribution is 0.651. The molecule has 0 bridgehead atoms. The van der Waals surface area contributed by atoms with E-state index < -0.39 is 0 Å². The third-order valence-electron chi connectivity index (χ3n) is 1.19. The molecule has 10 heavy (non-hydrogen) atoms. The molecule has 0 N–H and O–H groups in total. The predicted octanol–water partition coefficient (Wildman–Crippen LogP) is 3.38. The average Bonchev–Trinajstić information content (AvgIpc) is 1.87. The zero-order chi connectivity index (χ0) is 8.15. The Kier molecular flexibility index (Phi) is 3.70. The predicted molar refractivity (Wildman–Crippen MR) is 43.4 cm³/mol. The Hall–Kier alpha value is -0.850. The van der Waals surface area contributed by atoms with E-state index in [0.717, 1.165) is 12.0 Å². The quantitative estimate of drug-likeness (QED) is 0.527. The van der Waals surface area contributed by atoms with Gasteiger partial charge in [0.15, 0.2) is 0 Å². The van der Waals surface area contributed by atoms with E-state index in [4.69, 9.17) is 0 Å². The molecule has 0 heterocycles. The van der Waals surface area contributed by atoms with Crippen LogP contribution in [0.2, 0.25) is 0 Å². The van der Waals surface area contributed by atoms with E-state index in [0.29, 0.717) is 5.57 Å². The average molecular weight is 140 g/mol. The van der Waals surface area contributed by atoms with Gasteiger partial charge < -0.3 is 0 Å². The lowest BCUT2D eigenvalue weighted by atomic mass is 10.2. The van der Waals surface area contributed by atoms with Gasteiger partial charge in [0.1, 0.15) is 5.83 Å². The number of hydrogen-bond acceptors (Lipinski definition) is 0. The highest BCUT2D eigenvalue weighted by Crippen LogP contribution is 2.11. The summed E-state index contributed by atoms with van der Waals surface area (Å²) in [5.74, 6) is -0.271. The molecule has 0 saturated heterocycles. The SMILES string of the molecule is C=C(/C=C(/F)C(=C)C)CC. The van der Waals surface area contributed by atoms with Crippen LogP contribution in [0.15, 0.2) is 36.2 Å². The monoisotopic (exact) mass is 140 g/mol. The molecule has 0 atom stereocenters. The molecule has 0 rings (SSSR count). The second-order valence-corrected chi connectivity index (χ2v) is 2.28. The molecule has 0 fully saturated rings. The molecule has 0 aromatic heterocycles. The van der Waals surface area contributed by atoms with Crippen molar-refractivity contribution in [2.45, 2.75) is 20.3 Å². The first-order valence-corrected chi connectivity index (χ1v) is 3.28. The molecule has 0 saturated carbocycles. The van der Waals surface area contributed by atoms with Gasteiger partial charge in [0.05, 0.1) is 0 Å². The van der Waals surface area contributed by atoms with Crippen molar-refractivity contribution < 1.29 is 4.39 Å². The molecule has 0 unspecified atom stereocenters. The molecule has 0 nitrogen and oxygen atoms in total. The van der Waals surface area contributed by atoms with Gasteiger partial charge in [0, 0.05) is 0 Å². The van der Waals surface area contributed by atoms with E-state index in [-0.39, 0.29) is 5.83 Å². The van der Waals surface area contributed by atoms with Gasteiger partial charge in [-0.15, -0.1) is 0 Å². The molecule has 0 spiro atoms. The normalized spacial score (nSPS) is 11.3. The van der Waals surface area contributed by atoms with Gasteiger partial charge in [0.2, 0.25) is 0 Å². The van der Waals surface area contributed by atoms with Crippen LogP contribution in [0.25, 0.3) is 0 Å². The molecule has 0 aliphatic carbocycles. The fraction of sp³-hybridized carbons (Fsp3) is 0.333.